The highest BCUT2D eigenvalue weighted by Crippen LogP contribution is 2.01. The first kappa shape index (κ1) is 14.5. The predicted molar refractivity (Wildman–Crippen MR) is 65.2 cm³/mol. The van der Waals surface area contributed by atoms with E-state index in [2.05, 4.69) is 9.50 Å². The van der Waals surface area contributed by atoms with Crippen molar-refractivity contribution in [3.05, 3.63) is 35.9 Å². The molecule has 1 N–H and O–H groups in total. The molecule has 1 atom stereocenters. The van der Waals surface area contributed by atoms with Gasteiger partial charge in [-0.2, -0.15) is 8.42 Å². The van der Waals surface area contributed by atoms with Crippen LogP contribution in [0.15, 0.2) is 30.3 Å². The highest BCUT2D eigenvalue weighted by atomic mass is 32.2. The van der Waals surface area contributed by atoms with Crippen LogP contribution in [0.1, 0.15) is 12.5 Å². The van der Waals surface area contributed by atoms with Crippen molar-refractivity contribution in [2.75, 3.05) is 6.26 Å². The van der Waals surface area contributed by atoms with Crippen LogP contribution in [0, 0.1) is 0 Å². The molecular weight excluding hydrogens is 258 g/mol. The highest BCUT2D eigenvalue weighted by molar-refractivity contribution is 7.86. The molecule has 6 nitrogen and oxygen atoms in total. The molecule has 1 aromatic rings. The lowest BCUT2D eigenvalue weighted by Crippen LogP contribution is -2.36. The second-order valence-corrected chi connectivity index (χ2v) is 5.25. The topological polar surface area (TPSA) is 81.7 Å². The monoisotopic (exact) mass is 273 g/mol. The van der Waals surface area contributed by atoms with Crippen LogP contribution in [0.3, 0.4) is 0 Å². The van der Waals surface area contributed by atoms with Crippen LogP contribution in [-0.4, -0.2) is 27.0 Å². The van der Waals surface area contributed by atoms with Gasteiger partial charge in [0.2, 0.25) is 0 Å². The lowest BCUT2D eigenvalue weighted by molar-refractivity contribution is 0.114. The Hall–Kier alpha value is -1.60. The summed E-state index contributed by atoms with van der Waals surface area (Å²) in [7, 11) is -3.61. The molecule has 0 radical (unpaired) electrons. The van der Waals surface area contributed by atoms with Crippen molar-refractivity contribution in [2.24, 2.45) is 0 Å². The van der Waals surface area contributed by atoms with Crippen molar-refractivity contribution in [2.45, 2.75) is 19.8 Å². The van der Waals surface area contributed by atoms with Crippen LogP contribution in [0.2, 0.25) is 0 Å². The van der Waals surface area contributed by atoms with E-state index in [-0.39, 0.29) is 6.61 Å². The van der Waals surface area contributed by atoms with Gasteiger partial charge < -0.3 is 4.74 Å². The summed E-state index contributed by atoms with van der Waals surface area (Å²) in [6.07, 6.45) is -0.807. The SMILES string of the molecule is CC(NC(=O)OCc1ccccc1)OS(C)(=O)=O. The maximum atomic E-state index is 11.3. The van der Waals surface area contributed by atoms with Crippen molar-refractivity contribution in [1.82, 2.24) is 5.32 Å². The van der Waals surface area contributed by atoms with E-state index < -0.39 is 22.4 Å². The number of rotatable bonds is 5. The fraction of sp³-hybridized carbons (Fsp3) is 0.364. The van der Waals surface area contributed by atoms with Gasteiger partial charge in [0.15, 0.2) is 0 Å². The van der Waals surface area contributed by atoms with Crippen molar-refractivity contribution < 1.29 is 22.1 Å². The summed E-state index contributed by atoms with van der Waals surface area (Å²) < 4.78 is 31.0. The Morgan fingerprint density at radius 3 is 2.50 bits per heavy atom. The lowest BCUT2D eigenvalue weighted by atomic mass is 10.2. The van der Waals surface area contributed by atoms with Gasteiger partial charge >= 0.3 is 6.09 Å². The summed E-state index contributed by atoms with van der Waals surface area (Å²) >= 11 is 0. The summed E-state index contributed by atoms with van der Waals surface area (Å²) in [4.78, 5) is 11.3. The summed E-state index contributed by atoms with van der Waals surface area (Å²) in [5.41, 5.74) is 0.837. The molecule has 100 valence electrons. The summed E-state index contributed by atoms with van der Waals surface area (Å²) in [6, 6.07) is 9.12. The summed E-state index contributed by atoms with van der Waals surface area (Å²) in [6.45, 7) is 1.50. The van der Waals surface area contributed by atoms with Gasteiger partial charge in [-0.3, -0.25) is 5.32 Å². The molecule has 1 rings (SSSR count). The van der Waals surface area contributed by atoms with Crippen LogP contribution < -0.4 is 5.32 Å². The minimum atomic E-state index is -3.61. The minimum Gasteiger partial charge on any atom is -0.445 e. The Balaban J connectivity index is 2.34. The minimum absolute atomic E-state index is 0.109. The molecule has 0 heterocycles. The fourth-order valence-corrected chi connectivity index (χ4v) is 1.79. The second-order valence-electron chi connectivity index (χ2n) is 3.65. The van der Waals surface area contributed by atoms with Crippen LogP contribution in [0.5, 0.6) is 0 Å². The first-order valence-corrected chi connectivity index (χ1v) is 7.04. The maximum Gasteiger partial charge on any atom is 0.409 e. The standard InChI is InChI=1S/C11H15NO5S/c1-9(17-18(2,14)15)12-11(13)16-8-10-6-4-3-5-7-10/h3-7,9H,8H2,1-2H3,(H,12,13). The zero-order valence-electron chi connectivity index (χ0n) is 10.1. The molecule has 0 spiro atoms. The quantitative estimate of drug-likeness (QED) is 0.644. The smallest absolute Gasteiger partial charge is 0.409 e. The van der Waals surface area contributed by atoms with E-state index >= 15 is 0 Å². The molecule has 0 saturated heterocycles. The van der Waals surface area contributed by atoms with Crippen LogP contribution >= 0.6 is 0 Å². The van der Waals surface area contributed by atoms with Gasteiger partial charge in [-0.05, 0) is 12.5 Å². The van der Waals surface area contributed by atoms with Gasteiger partial charge in [-0.25, -0.2) is 8.98 Å². The number of carbonyl (C=O) groups excluding carboxylic acids is 1. The van der Waals surface area contributed by atoms with Gasteiger partial charge in [0.1, 0.15) is 12.8 Å². The number of amides is 1. The van der Waals surface area contributed by atoms with Gasteiger partial charge in [-0.15, -0.1) is 0 Å². The van der Waals surface area contributed by atoms with Crippen molar-refractivity contribution in [3.8, 4) is 0 Å². The van der Waals surface area contributed by atoms with E-state index in [9.17, 15) is 13.2 Å². The third kappa shape index (κ3) is 6.21. The highest BCUT2D eigenvalue weighted by Gasteiger charge is 2.13. The molecule has 18 heavy (non-hydrogen) atoms. The molecule has 0 aliphatic heterocycles. The van der Waals surface area contributed by atoms with Gasteiger partial charge in [-0.1, -0.05) is 30.3 Å². The van der Waals surface area contributed by atoms with E-state index in [1.165, 1.54) is 6.92 Å². The Bertz CT molecular complexity index is 485. The van der Waals surface area contributed by atoms with Crippen LogP contribution in [0.4, 0.5) is 4.79 Å². The molecule has 0 aromatic heterocycles. The molecule has 7 heteroatoms. The third-order valence-electron chi connectivity index (χ3n) is 1.85. The Morgan fingerprint density at radius 2 is 1.94 bits per heavy atom. The van der Waals surface area contributed by atoms with E-state index in [0.717, 1.165) is 11.8 Å². The zero-order chi connectivity index (χ0) is 13.6. The maximum absolute atomic E-state index is 11.3. The molecule has 0 aliphatic rings. The molecule has 1 amide bonds. The molecular formula is C11H15NO5S. The number of nitrogens with one attached hydrogen (secondary N) is 1. The fourth-order valence-electron chi connectivity index (χ4n) is 1.22. The lowest BCUT2D eigenvalue weighted by Gasteiger charge is -2.13. The second kappa shape index (κ2) is 6.36. The van der Waals surface area contributed by atoms with Gasteiger partial charge in [0.05, 0.1) is 6.26 Å². The largest absolute Gasteiger partial charge is 0.445 e. The number of ether oxygens (including phenoxy) is 1. The van der Waals surface area contributed by atoms with E-state index in [0.29, 0.717) is 0 Å². The zero-order valence-corrected chi connectivity index (χ0v) is 10.9. The molecule has 0 bridgehead atoms. The van der Waals surface area contributed by atoms with Crippen molar-refractivity contribution in [3.63, 3.8) is 0 Å². The van der Waals surface area contributed by atoms with Crippen LogP contribution in [-0.2, 0) is 25.6 Å². The Morgan fingerprint density at radius 1 is 1.33 bits per heavy atom. The molecule has 0 aliphatic carbocycles. The summed E-state index contributed by atoms with van der Waals surface area (Å²) in [5.74, 6) is 0. The Kier molecular flexibility index (Phi) is 5.11. The predicted octanol–water partition coefficient (Wildman–Crippen LogP) is 1.24. The Labute approximate surface area is 106 Å². The average molecular weight is 273 g/mol. The molecule has 1 aromatic carbocycles. The van der Waals surface area contributed by atoms with Gasteiger partial charge in [0.25, 0.3) is 10.1 Å². The summed E-state index contributed by atoms with van der Waals surface area (Å²) in [5, 5.41) is 2.24. The number of hydrogen-bond acceptors (Lipinski definition) is 5. The number of carbonyl (C=O) groups is 1. The van der Waals surface area contributed by atoms with E-state index in [4.69, 9.17) is 4.74 Å². The van der Waals surface area contributed by atoms with E-state index in [1.807, 2.05) is 30.3 Å². The van der Waals surface area contributed by atoms with Gasteiger partial charge in [0, 0.05) is 0 Å². The first-order valence-electron chi connectivity index (χ1n) is 5.22. The number of benzene rings is 1. The molecule has 0 saturated carbocycles. The van der Waals surface area contributed by atoms with Crippen LogP contribution in [0.25, 0.3) is 0 Å². The van der Waals surface area contributed by atoms with Crippen molar-refractivity contribution >= 4 is 16.2 Å². The normalized spacial score (nSPS) is 12.8. The van der Waals surface area contributed by atoms with E-state index in [1.54, 1.807) is 0 Å². The molecule has 0 fully saturated rings. The third-order valence-corrected chi connectivity index (χ3v) is 2.49. The van der Waals surface area contributed by atoms with Crippen molar-refractivity contribution in [1.29, 1.82) is 0 Å². The average Bonchev–Trinajstić information content (AvgIpc) is 2.25. The molecule has 1 unspecified atom stereocenters. The number of hydrogen-bond donors (Lipinski definition) is 1. The number of alkyl carbamates (subject to hydrolysis) is 1. The first-order chi connectivity index (χ1) is 8.37.